The van der Waals surface area contributed by atoms with E-state index in [0.717, 1.165) is 27.1 Å². The number of aromatic nitrogens is 1. The maximum absolute atomic E-state index is 12.1. The van der Waals surface area contributed by atoms with Gasteiger partial charge in [-0.1, -0.05) is 40.2 Å². The molecule has 0 fully saturated rings. The highest BCUT2D eigenvalue weighted by Gasteiger charge is 2.09. The molecule has 4 nitrogen and oxygen atoms in total. The van der Waals surface area contributed by atoms with Crippen LogP contribution in [0.5, 0.6) is 0 Å². The minimum Gasteiger partial charge on any atom is -0.318 e. The molecule has 3 rings (SSSR count). The Morgan fingerprint density at radius 3 is 2.56 bits per heavy atom. The third-order valence-electron chi connectivity index (χ3n) is 3.94. The quantitative estimate of drug-likeness (QED) is 0.508. The number of hydrogen-bond donors (Lipinski definition) is 1. The molecule has 0 unspecified atom stereocenters. The van der Waals surface area contributed by atoms with Gasteiger partial charge in [0, 0.05) is 32.7 Å². The first kappa shape index (κ1) is 17.2. The van der Waals surface area contributed by atoms with Gasteiger partial charge in [0.05, 0.1) is 6.21 Å². The van der Waals surface area contributed by atoms with E-state index in [9.17, 15) is 4.79 Å². The summed E-state index contributed by atoms with van der Waals surface area (Å²) in [5.41, 5.74) is 7.39. The average molecular weight is 396 g/mol. The van der Waals surface area contributed by atoms with Gasteiger partial charge in [-0.2, -0.15) is 5.10 Å². The molecular formula is C20H18BrN3O. The number of carbonyl (C=O) groups excluding carboxylic acids is 1. The molecule has 1 amide bonds. The molecule has 0 aliphatic carbocycles. The molecule has 1 heterocycles. The van der Waals surface area contributed by atoms with Crippen LogP contribution in [0, 0.1) is 13.8 Å². The fraction of sp³-hybridized carbons (Fsp3) is 0.100. The molecule has 25 heavy (non-hydrogen) atoms. The number of aryl methyl sites for hydroxylation is 1. The van der Waals surface area contributed by atoms with E-state index in [2.05, 4.69) is 56.1 Å². The van der Waals surface area contributed by atoms with Crippen molar-refractivity contribution in [2.75, 3.05) is 0 Å². The zero-order chi connectivity index (χ0) is 17.8. The van der Waals surface area contributed by atoms with Crippen molar-refractivity contribution in [3.05, 3.63) is 87.7 Å². The summed E-state index contributed by atoms with van der Waals surface area (Å²) in [6.07, 6.45) is 1.68. The first-order valence-corrected chi connectivity index (χ1v) is 8.69. The normalized spacial score (nSPS) is 11.0. The van der Waals surface area contributed by atoms with Crippen molar-refractivity contribution in [3.8, 4) is 5.69 Å². The Hall–Kier alpha value is -2.66. The fourth-order valence-corrected chi connectivity index (χ4v) is 3.15. The van der Waals surface area contributed by atoms with Crippen molar-refractivity contribution in [1.82, 2.24) is 9.99 Å². The van der Waals surface area contributed by atoms with E-state index in [4.69, 9.17) is 0 Å². The van der Waals surface area contributed by atoms with Crippen LogP contribution in [0.15, 0.2) is 70.2 Å². The Kier molecular flexibility index (Phi) is 5.14. The van der Waals surface area contributed by atoms with Crippen molar-refractivity contribution in [1.29, 1.82) is 0 Å². The molecule has 3 aromatic rings. The lowest BCUT2D eigenvalue weighted by Gasteiger charge is -2.08. The van der Waals surface area contributed by atoms with E-state index < -0.39 is 0 Å². The lowest BCUT2D eigenvalue weighted by atomic mass is 10.2. The van der Waals surface area contributed by atoms with Gasteiger partial charge in [-0.3, -0.25) is 4.79 Å². The standard InChI is InChI=1S/C20H18BrN3O/c1-14-11-17(15(2)24(14)19-9-4-3-5-10-19)13-22-23-20(25)16-7-6-8-18(21)12-16/h3-13H,1-2H3,(H,23,25)/b22-13-. The highest BCUT2D eigenvalue weighted by atomic mass is 79.9. The third kappa shape index (κ3) is 3.88. The van der Waals surface area contributed by atoms with Crippen LogP contribution in [0.4, 0.5) is 0 Å². The molecule has 1 N–H and O–H groups in total. The molecule has 0 spiro atoms. The zero-order valence-electron chi connectivity index (χ0n) is 14.0. The van der Waals surface area contributed by atoms with Gasteiger partial charge in [0.1, 0.15) is 0 Å². The molecular weight excluding hydrogens is 378 g/mol. The molecule has 0 bridgehead atoms. The van der Waals surface area contributed by atoms with E-state index >= 15 is 0 Å². The summed E-state index contributed by atoms with van der Waals surface area (Å²) in [6.45, 7) is 4.09. The van der Waals surface area contributed by atoms with Gasteiger partial charge in [-0.05, 0) is 50.2 Å². The number of halogens is 1. The average Bonchev–Trinajstić information content (AvgIpc) is 2.89. The molecule has 126 valence electrons. The summed E-state index contributed by atoms with van der Waals surface area (Å²) in [7, 11) is 0. The Bertz CT molecular complexity index is 929. The zero-order valence-corrected chi connectivity index (χ0v) is 15.6. The molecule has 0 saturated heterocycles. The fourth-order valence-electron chi connectivity index (χ4n) is 2.75. The number of benzene rings is 2. The van der Waals surface area contributed by atoms with Crippen molar-refractivity contribution >= 4 is 28.1 Å². The topological polar surface area (TPSA) is 46.4 Å². The highest BCUT2D eigenvalue weighted by Crippen LogP contribution is 2.19. The number of carbonyl (C=O) groups is 1. The molecule has 0 atom stereocenters. The smallest absolute Gasteiger partial charge is 0.271 e. The van der Waals surface area contributed by atoms with E-state index in [1.807, 2.05) is 37.3 Å². The number of para-hydroxylation sites is 1. The number of hydrogen-bond acceptors (Lipinski definition) is 2. The van der Waals surface area contributed by atoms with E-state index in [1.54, 1.807) is 18.3 Å². The second-order valence-corrected chi connectivity index (χ2v) is 6.62. The van der Waals surface area contributed by atoms with Gasteiger partial charge in [-0.15, -0.1) is 0 Å². The van der Waals surface area contributed by atoms with E-state index in [1.165, 1.54) is 0 Å². The highest BCUT2D eigenvalue weighted by molar-refractivity contribution is 9.10. The van der Waals surface area contributed by atoms with Gasteiger partial charge < -0.3 is 4.57 Å². The number of rotatable bonds is 4. The van der Waals surface area contributed by atoms with Crippen LogP contribution in [0.3, 0.4) is 0 Å². The first-order chi connectivity index (χ1) is 12.1. The SMILES string of the molecule is Cc1cc(/C=N\NC(=O)c2cccc(Br)c2)c(C)n1-c1ccccc1. The minimum absolute atomic E-state index is 0.241. The Balaban J connectivity index is 1.77. The largest absolute Gasteiger partial charge is 0.318 e. The van der Waals surface area contributed by atoms with Gasteiger partial charge in [-0.25, -0.2) is 5.43 Å². The summed E-state index contributed by atoms with van der Waals surface area (Å²) in [5, 5.41) is 4.10. The van der Waals surface area contributed by atoms with Crippen LogP contribution in [-0.4, -0.2) is 16.7 Å². The maximum Gasteiger partial charge on any atom is 0.271 e. The van der Waals surface area contributed by atoms with Crippen molar-refractivity contribution < 1.29 is 4.79 Å². The minimum atomic E-state index is -0.241. The van der Waals surface area contributed by atoms with Crippen molar-refractivity contribution in [3.63, 3.8) is 0 Å². The van der Waals surface area contributed by atoms with Crippen LogP contribution in [0.25, 0.3) is 5.69 Å². The van der Waals surface area contributed by atoms with Crippen LogP contribution >= 0.6 is 15.9 Å². The molecule has 5 heteroatoms. The number of amides is 1. The van der Waals surface area contributed by atoms with Crippen LogP contribution in [-0.2, 0) is 0 Å². The van der Waals surface area contributed by atoms with Crippen molar-refractivity contribution in [2.45, 2.75) is 13.8 Å². The van der Waals surface area contributed by atoms with Crippen molar-refractivity contribution in [2.24, 2.45) is 5.10 Å². The summed E-state index contributed by atoms with van der Waals surface area (Å²) in [5.74, 6) is -0.241. The van der Waals surface area contributed by atoms with E-state index in [0.29, 0.717) is 5.56 Å². The number of nitrogens with zero attached hydrogens (tertiary/aromatic N) is 2. The molecule has 2 aromatic carbocycles. The molecule has 0 aliphatic heterocycles. The number of hydrazone groups is 1. The summed E-state index contributed by atoms with van der Waals surface area (Å²) in [6, 6.07) is 19.4. The summed E-state index contributed by atoms with van der Waals surface area (Å²) in [4.78, 5) is 12.1. The number of nitrogens with one attached hydrogen (secondary N) is 1. The van der Waals surface area contributed by atoms with Gasteiger partial charge in [0.15, 0.2) is 0 Å². The predicted molar refractivity (Wildman–Crippen MR) is 104 cm³/mol. The van der Waals surface area contributed by atoms with Crippen LogP contribution in [0.1, 0.15) is 27.3 Å². The van der Waals surface area contributed by atoms with E-state index in [-0.39, 0.29) is 5.91 Å². The molecule has 0 saturated carbocycles. The second-order valence-electron chi connectivity index (χ2n) is 5.71. The molecule has 0 aliphatic rings. The molecule has 0 radical (unpaired) electrons. The second kappa shape index (κ2) is 7.49. The Morgan fingerprint density at radius 2 is 1.84 bits per heavy atom. The third-order valence-corrected chi connectivity index (χ3v) is 4.43. The summed E-state index contributed by atoms with van der Waals surface area (Å²) >= 11 is 3.36. The van der Waals surface area contributed by atoms with Crippen LogP contribution in [0.2, 0.25) is 0 Å². The maximum atomic E-state index is 12.1. The first-order valence-electron chi connectivity index (χ1n) is 7.89. The van der Waals surface area contributed by atoms with Gasteiger partial charge in [0.25, 0.3) is 5.91 Å². The van der Waals surface area contributed by atoms with Gasteiger partial charge >= 0.3 is 0 Å². The summed E-state index contributed by atoms with van der Waals surface area (Å²) < 4.78 is 3.02. The predicted octanol–water partition coefficient (Wildman–Crippen LogP) is 4.62. The Labute approximate surface area is 155 Å². The Morgan fingerprint density at radius 1 is 1.08 bits per heavy atom. The van der Waals surface area contributed by atoms with Gasteiger partial charge in [0.2, 0.25) is 0 Å². The molecule has 1 aromatic heterocycles. The van der Waals surface area contributed by atoms with Crippen LogP contribution < -0.4 is 5.43 Å². The lowest BCUT2D eigenvalue weighted by molar-refractivity contribution is 0.0955. The lowest BCUT2D eigenvalue weighted by Crippen LogP contribution is -2.17. The monoisotopic (exact) mass is 395 g/mol.